The zero-order valence-corrected chi connectivity index (χ0v) is 17.0. The highest BCUT2D eigenvalue weighted by atomic mass is 16.5. The van der Waals surface area contributed by atoms with Gasteiger partial charge >= 0.3 is 5.69 Å². The standard InChI is InChI=1S/C22H24N4O4/c1-29-17-11-7-15(8-12-17)20-24-25(22(28)26(20)16-9-10-16)14-13-23-21(27)18-5-3-4-6-19(18)30-2/h3-8,11-12,16H,9-10,13-14H2,1-2H3,(H,23,27). The second kappa shape index (κ2) is 8.44. The number of nitrogens with one attached hydrogen (secondary N) is 1. The van der Waals surface area contributed by atoms with Crippen LogP contribution >= 0.6 is 0 Å². The molecule has 0 aliphatic heterocycles. The number of carbonyl (C=O) groups is 1. The topological polar surface area (TPSA) is 87.4 Å². The zero-order valence-electron chi connectivity index (χ0n) is 17.0. The first-order valence-electron chi connectivity index (χ1n) is 9.87. The molecule has 0 spiro atoms. The molecule has 0 radical (unpaired) electrons. The Morgan fingerprint density at radius 2 is 1.83 bits per heavy atom. The number of para-hydroxylation sites is 1. The van der Waals surface area contributed by atoms with Crippen molar-refractivity contribution >= 4 is 5.91 Å². The Morgan fingerprint density at radius 3 is 2.50 bits per heavy atom. The molecule has 0 unspecified atom stereocenters. The predicted molar refractivity (Wildman–Crippen MR) is 112 cm³/mol. The molecule has 30 heavy (non-hydrogen) atoms. The van der Waals surface area contributed by atoms with Crippen molar-refractivity contribution < 1.29 is 14.3 Å². The van der Waals surface area contributed by atoms with Crippen LogP contribution in [0.4, 0.5) is 0 Å². The van der Waals surface area contributed by atoms with Gasteiger partial charge in [0, 0.05) is 18.2 Å². The lowest BCUT2D eigenvalue weighted by Gasteiger charge is -2.08. The van der Waals surface area contributed by atoms with Gasteiger partial charge in [0.1, 0.15) is 11.5 Å². The molecule has 1 aliphatic rings. The Balaban J connectivity index is 1.51. The molecule has 8 nitrogen and oxygen atoms in total. The molecule has 0 atom stereocenters. The maximum atomic E-state index is 12.9. The quantitative estimate of drug-likeness (QED) is 0.619. The molecule has 1 aromatic heterocycles. The van der Waals surface area contributed by atoms with Crippen LogP contribution in [0.1, 0.15) is 29.2 Å². The van der Waals surface area contributed by atoms with E-state index in [1.165, 1.54) is 11.8 Å². The lowest BCUT2D eigenvalue weighted by atomic mass is 10.2. The fourth-order valence-corrected chi connectivity index (χ4v) is 3.37. The molecular weight excluding hydrogens is 384 g/mol. The summed E-state index contributed by atoms with van der Waals surface area (Å²) in [7, 11) is 3.14. The van der Waals surface area contributed by atoms with Crippen molar-refractivity contribution in [3.63, 3.8) is 0 Å². The van der Waals surface area contributed by atoms with Gasteiger partial charge in [-0.05, 0) is 49.2 Å². The maximum absolute atomic E-state index is 12.9. The highest BCUT2D eigenvalue weighted by Crippen LogP contribution is 2.36. The molecular formula is C22H24N4O4. The Kier molecular flexibility index (Phi) is 5.56. The summed E-state index contributed by atoms with van der Waals surface area (Å²) in [5.74, 6) is 1.64. The number of carbonyl (C=O) groups excluding carboxylic acids is 1. The molecule has 1 aliphatic carbocycles. The van der Waals surface area contributed by atoms with Crippen LogP contribution in [0.2, 0.25) is 0 Å². The largest absolute Gasteiger partial charge is 0.497 e. The number of ether oxygens (including phenoxy) is 2. The first kappa shape index (κ1) is 19.8. The highest BCUT2D eigenvalue weighted by Gasteiger charge is 2.30. The fraction of sp³-hybridized carbons (Fsp3) is 0.318. The molecule has 3 aromatic rings. The normalized spacial score (nSPS) is 13.1. The van der Waals surface area contributed by atoms with E-state index in [2.05, 4.69) is 10.4 Å². The summed E-state index contributed by atoms with van der Waals surface area (Å²) < 4.78 is 13.6. The van der Waals surface area contributed by atoms with Gasteiger partial charge < -0.3 is 14.8 Å². The van der Waals surface area contributed by atoms with Gasteiger partial charge in [-0.25, -0.2) is 9.48 Å². The molecule has 8 heteroatoms. The smallest absolute Gasteiger partial charge is 0.346 e. The first-order valence-corrected chi connectivity index (χ1v) is 9.87. The molecule has 156 valence electrons. The third kappa shape index (κ3) is 3.94. The van der Waals surface area contributed by atoms with Crippen LogP contribution in [0.3, 0.4) is 0 Å². The van der Waals surface area contributed by atoms with Crippen molar-refractivity contribution in [2.24, 2.45) is 0 Å². The summed E-state index contributed by atoms with van der Waals surface area (Å²) in [5.41, 5.74) is 1.15. The van der Waals surface area contributed by atoms with E-state index < -0.39 is 0 Å². The van der Waals surface area contributed by atoms with Crippen molar-refractivity contribution in [2.45, 2.75) is 25.4 Å². The number of hydrogen-bond acceptors (Lipinski definition) is 5. The Bertz CT molecular complexity index is 1100. The minimum atomic E-state index is -0.252. The number of benzene rings is 2. The first-order chi connectivity index (χ1) is 14.6. The van der Waals surface area contributed by atoms with Crippen molar-refractivity contribution in [3.8, 4) is 22.9 Å². The van der Waals surface area contributed by atoms with Crippen LogP contribution in [0, 0.1) is 0 Å². The van der Waals surface area contributed by atoms with Gasteiger partial charge in [0.25, 0.3) is 5.91 Å². The Hall–Kier alpha value is -3.55. The third-order valence-electron chi connectivity index (χ3n) is 5.09. The van der Waals surface area contributed by atoms with Crippen molar-refractivity contribution in [1.82, 2.24) is 19.7 Å². The summed E-state index contributed by atoms with van der Waals surface area (Å²) in [6.07, 6.45) is 1.94. The Labute approximate surface area is 174 Å². The molecule has 1 saturated carbocycles. The van der Waals surface area contributed by atoms with Crippen LogP contribution in [0.25, 0.3) is 11.4 Å². The van der Waals surface area contributed by atoms with Crippen molar-refractivity contribution in [1.29, 1.82) is 0 Å². The molecule has 0 saturated heterocycles. The molecule has 1 fully saturated rings. The number of nitrogens with zero attached hydrogens (tertiary/aromatic N) is 3. The van der Waals surface area contributed by atoms with Crippen molar-refractivity contribution in [3.05, 3.63) is 64.6 Å². The SMILES string of the molecule is COc1ccc(-c2nn(CCNC(=O)c3ccccc3OC)c(=O)n2C2CC2)cc1. The van der Waals surface area contributed by atoms with Crippen molar-refractivity contribution in [2.75, 3.05) is 20.8 Å². The minimum Gasteiger partial charge on any atom is -0.497 e. The van der Waals surface area contributed by atoms with Gasteiger partial charge in [-0.3, -0.25) is 9.36 Å². The van der Waals surface area contributed by atoms with Crippen LogP contribution in [-0.4, -0.2) is 41.0 Å². The summed E-state index contributed by atoms with van der Waals surface area (Å²) in [6, 6.07) is 14.7. The van der Waals surface area contributed by atoms with E-state index in [1.54, 1.807) is 35.9 Å². The Morgan fingerprint density at radius 1 is 1.10 bits per heavy atom. The second-order valence-electron chi connectivity index (χ2n) is 7.12. The average Bonchev–Trinajstić information content (AvgIpc) is 3.57. The summed E-state index contributed by atoms with van der Waals surface area (Å²) in [4.78, 5) is 25.4. The summed E-state index contributed by atoms with van der Waals surface area (Å²) in [6.45, 7) is 0.559. The number of methoxy groups -OCH3 is 2. The van der Waals surface area contributed by atoms with Gasteiger partial charge in [-0.2, -0.15) is 0 Å². The number of amides is 1. The van der Waals surface area contributed by atoms with Crippen LogP contribution in [0.5, 0.6) is 11.5 Å². The predicted octanol–water partition coefficient (Wildman–Crippen LogP) is 2.49. The lowest BCUT2D eigenvalue weighted by molar-refractivity contribution is 0.0948. The van der Waals surface area contributed by atoms with E-state index >= 15 is 0 Å². The number of hydrogen-bond donors (Lipinski definition) is 1. The van der Waals surface area contributed by atoms with Gasteiger partial charge in [0.15, 0.2) is 5.82 Å². The van der Waals surface area contributed by atoms with Gasteiger partial charge in [-0.15, -0.1) is 5.10 Å². The van der Waals surface area contributed by atoms with Crippen LogP contribution < -0.4 is 20.5 Å². The fourth-order valence-electron chi connectivity index (χ4n) is 3.37. The average molecular weight is 408 g/mol. The van der Waals surface area contributed by atoms with Gasteiger partial charge in [0.05, 0.1) is 26.3 Å². The molecule has 2 aromatic carbocycles. The number of aromatic nitrogens is 3. The molecule has 1 N–H and O–H groups in total. The van der Waals surface area contributed by atoms with E-state index in [9.17, 15) is 9.59 Å². The minimum absolute atomic E-state index is 0.158. The van der Waals surface area contributed by atoms with Crippen LogP contribution in [-0.2, 0) is 6.54 Å². The van der Waals surface area contributed by atoms with E-state index in [1.807, 2.05) is 24.3 Å². The van der Waals surface area contributed by atoms with E-state index in [0.717, 1.165) is 24.2 Å². The monoisotopic (exact) mass is 408 g/mol. The summed E-state index contributed by atoms with van der Waals surface area (Å²) >= 11 is 0. The molecule has 4 rings (SSSR count). The van der Waals surface area contributed by atoms with E-state index in [0.29, 0.717) is 17.1 Å². The van der Waals surface area contributed by atoms with Gasteiger partial charge in [-0.1, -0.05) is 12.1 Å². The van der Waals surface area contributed by atoms with E-state index in [4.69, 9.17) is 9.47 Å². The van der Waals surface area contributed by atoms with E-state index in [-0.39, 0.29) is 30.7 Å². The second-order valence-corrected chi connectivity index (χ2v) is 7.12. The summed E-state index contributed by atoms with van der Waals surface area (Å²) in [5, 5.41) is 7.38. The molecule has 0 bridgehead atoms. The van der Waals surface area contributed by atoms with Crippen LogP contribution in [0.15, 0.2) is 53.3 Å². The third-order valence-corrected chi connectivity index (χ3v) is 5.09. The van der Waals surface area contributed by atoms with Gasteiger partial charge in [0.2, 0.25) is 0 Å². The maximum Gasteiger partial charge on any atom is 0.346 e. The highest BCUT2D eigenvalue weighted by molar-refractivity contribution is 5.96. The number of rotatable bonds is 8. The molecule has 1 heterocycles. The molecule has 1 amide bonds. The lowest BCUT2D eigenvalue weighted by Crippen LogP contribution is -2.32. The zero-order chi connectivity index (χ0) is 21.1.